The third-order valence-electron chi connectivity index (χ3n) is 5.80. The second-order valence-corrected chi connectivity index (χ2v) is 7.41. The van der Waals surface area contributed by atoms with Crippen molar-refractivity contribution in [1.29, 1.82) is 0 Å². The molecule has 4 unspecified atom stereocenters. The van der Waals surface area contributed by atoms with Gasteiger partial charge in [0.05, 0.1) is 6.54 Å². The number of nitrogens with one attached hydrogen (secondary N) is 1. The smallest absolute Gasteiger partial charge is 0.234 e. The van der Waals surface area contributed by atoms with Crippen LogP contribution in [0.25, 0.3) is 0 Å². The summed E-state index contributed by atoms with van der Waals surface area (Å²) < 4.78 is 0. The predicted octanol–water partition coefficient (Wildman–Crippen LogP) is 1.99. The highest BCUT2D eigenvalue weighted by Gasteiger charge is 2.29. The number of nitrogens with two attached hydrogens (primary N) is 1. The van der Waals surface area contributed by atoms with E-state index in [0.717, 1.165) is 38.3 Å². The topological polar surface area (TPSA) is 58.4 Å². The van der Waals surface area contributed by atoms with Crippen LogP contribution in [0.5, 0.6) is 0 Å². The highest BCUT2D eigenvalue weighted by Crippen LogP contribution is 2.29. The summed E-state index contributed by atoms with van der Waals surface area (Å²) >= 11 is 0. The average Bonchev–Trinajstić information content (AvgIpc) is 2.44. The molecule has 0 aromatic carbocycles. The monoisotopic (exact) mass is 295 g/mol. The molecule has 4 nitrogen and oxygen atoms in total. The van der Waals surface area contributed by atoms with Crippen molar-refractivity contribution in [3.63, 3.8) is 0 Å². The van der Waals surface area contributed by atoms with Crippen molar-refractivity contribution in [3.8, 4) is 0 Å². The molecular formula is C17H33N3O. The number of hydrogen-bond donors (Lipinski definition) is 2. The Morgan fingerprint density at radius 3 is 2.52 bits per heavy atom. The van der Waals surface area contributed by atoms with Crippen LogP contribution in [0.2, 0.25) is 0 Å². The lowest BCUT2D eigenvalue weighted by Crippen LogP contribution is -2.49. The van der Waals surface area contributed by atoms with Crippen LogP contribution in [0.15, 0.2) is 0 Å². The predicted molar refractivity (Wildman–Crippen MR) is 86.9 cm³/mol. The van der Waals surface area contributed by atoms with E-state index in [1.54, 1.807) is 0 Å². The average molecular weight is 295 g/mol. The third-order valence-corrected chi connectivity index (χ3v) is 5.80. The molecule has 4 atom stereocenters. The fourth-order valence-electron chi connectivity index (χ4n) is 3.88. The lowest BCUT2D eigenvalue weighted by Gasteiger charge is -2.36. The molecule has 1 aliphatic carbocycles. The van der Waals surface area contributed by atoms with Gasteiger partial charge in [0.2, 0.25) is 5.91 Å². The van der Waals surface area contributed by atoms with Crippen molar-refractivity contribution in [2.75, 3.05) is 19.6 Å². The first kappa shape index (κ1) is 16.8. The number of rotatable bonds is 4. The fourth-order valence-corrected chi connectivity index (χ4v) is 3.88. The van der Waals surface area contributed by atoms with Gasteiger partial charge in [0.25, 0.3) is 0 Å². The van der Waals surface area contributed by atoms with Gasteiger partial charge in [-0.2, -0.15) is 0 Å². The number of likely N-dealkylation sites (tertiary alicyclic amines) is 1. The number of hydrogen-bond acceptors (Lipinski definition) is 3. The van der Waals surface area contributed by atoms with Crippen LogP contribution in [-0.4, -0.2) is 42.5 Å². The highest BCUT2D eigenvalue weighted by molar-refractivity contribution is 5.78. The van der Waals surface area contributed by atoms with Crippen LogP contribution >= 0.6 is 0 Å². The Morgan fingerprint density at radius 1 is 1.24 bits per heavy atom. The minimum Gasteiger partial charge on any atom is -0.352 e. The molecule has 1 saturated carbocycles. The second-order valence-electron chi connectivity index (χ2n) is 7.41. The molecule has 0 aromatic rings. The molecule has 3 N–H and O–H groups in total. The van der Waals surface area contributed by atoms with Crippen LogP contribution in [0.3, 0.4) is 0 Å². The molecule has 1 amide bonds. The van der Waals surface area contributed by atoms with Gasteiger partial charge in [-0.25, -0.2) is 0 Å². The van der Waals surface area contributed by atoms with Crippen LogP contribution in [0.1, 0.15) is 52.9 Å². The summed E-state index contributed by atoms with van der Waals surface area (Å²) in [7, 11) is 0. The summed E-state index contributed by atoms with van der Waals surface area (Å²) in [6.45, 7) is 9.26. The summed E-state index contributed by atoms with van der Waals surface area (Å²) in [6, 6.07) is 0.661. The molecule has 21 heavy (non-hydrogen) atoms. The van der Waals surface area contributed by atoms with Gasteiger partial charge < -0.3 is 11.1 Å². The summed E-state index contributed by atoms with van der Waals surface area (Å²) in [5.41, 5.74) is 5.97. The Kier molecular flexibility index (Phi) is 6.06. The molecule has 122 valence electrons. The number of carbonyl (C=O) groups is 1. The summed E-state index contributed by atoms with van der Waals surface area (Å²) in [5.74, 6) is 2.17. The standard InChI is InChI=1S/C17H33N3O/c1-12-5-4-6-16(13(12)2)19-17(21)11-20-9-7-15(8-10-20)14(3)18/h12-16H,4-11,18H2,1-3H3,(H,19,21). The van der Waals surface area contributed by atoms with E-state index in [0.29, 0.717) is 24.4 Å². The van der Waals surface area contributed by atoms with E-state index in [4.69, 9.17) is 5.73 Å². The Labute approximate surface area is 129 Å². The largest absolute Gasteiger partial charge is 0.352 e. The molecule has 0 spiro atoms. The Balaban J connectivity index is 1.72. The van der Waals surface area contributed by atoms with E-state index in [-0.39, 0.29) is 11.9 Å². The first-order chi connectivity index (χ1) is 9.97. The minimum absolute atomic E-state index is 0.209. The first-order valence-corrected chi connectivity index (χ1v) is 8.74. The summed E-state index contributed by atoms with van der Waals surface area (Å²) in [5, 5.41) is 3.28. The van der Waals surface area contributed by atoms with E-state index >= 15 is 0 Å². The highest BCUT2D eigenvalue weighted by atomic mass is 16.2. The molecule has 1 saturated heterocycles. The molecule has 1 heterocycles. The maximum Gasteiger partial charge on any atom is 0.234 e. The number of carbonyl (C=O) groups excluding carboxylic acids is 1. The molecular weight excluding hydrogens is 262 g/mol. The summed E-state index contributed by atoms with van der Waals surface area (Å²) in [6.07, 6.45) is 5.95. The van der Waals surface area contributed by atoms with Gasteiger partial charge in [-0.15, -0.1) is 0 Å². The molecule has 1 aliphatic heterocycles. The lowest BCUT2D eigenvalue weighted by atomic mass is 9.78. The number of amides is 1. The van der Waals surface area contributed by atoms with Gasteiger partial charge in [-0.05, 0) is 57.0 Å². The van der Waals surface area contributed by atoms with Crippen LogP contribution in [-0.2, 0) is 4.79 Å². The van der Waals surface area contributed by atoms with Gasteiger partial charge in [-0.1, -0.05) is 26.7 Å². The molecule has 4 heteroatoms. The molecule has 0 aromatic heterocycles. The zero-order valence-corrected chi connectivity index (χ0v) is 14.0. The van der Waals surface area contributed by atoms with E-state index < -0.39 is 0 Å². The Morgan fingerprint density at radius 2 is 1.90 bits per heavy atom. The van der Waals surface area contributed by atoms with Crippen molar-refractivity contribution in [2.24, 2.45) is 23.5 Å². The zero-order valence-electron chi connectivity index (χ0n) is 14.0. The van der Waals surface area contributed by atoms with E-state index in [9.17, 15) is 4.79 Å². The normalized spacial score (nSPS) is 33.6. The van der Waals surface area contributed by atoms with Crippen LogP contribution in [0.4, 0.5) is 0 Å². The van der Waals surface area contributed by atoms with Gasteiger partial charge in [-0.3, -0.25) is 9.69 Å². The van der Waals surface area contributed by atoms with Crippen molar-refractivity contribution >= 4 is 5.91 Å². The molecule has 2 fully saturated rings. The van der Waals surface area contributed by atoms with Crippen molar-refractivity contribution in [2.45, 2.75) is 65.0 Å². The Hall–Kier alpha value is -0.610. The van der Waals surface area contributed by atoms with Crippen molar-refractivity contribution in [3.05, 3.63) is 0 Å². The van der Waals surface area contributed by atoms with Crippen LogP contribution < -0.4 is 11.1 Å². The summed E-state index contributed by atoms with van der Waals surface area (Å²) in [4.78, 5) is 14.6. The van der Waals surface area contributed by atoms with E-state index in [1.807, 2.05) is 0 Å². The van der Waals surface area contributed by atoms with Gasteiger partial charge in [0.15, 0.2) is 0 Å². The third kappa shape index (κ3) is 4.68. The molecule has 0 bridgehead atoms. The first-order valence-electron chi connectivity index (χ1n) is 8.74. The number of nitrogens with zero attached hydrogens (tertiary/aromatic N) is 1. The van der Waals surface area contributed by atoms with E-state index in [2.05, 4.69) is 31.0 Å². The Bertz CT molecular complexity index is 337. The lowest BCUT2D eigenvalue weighted by molar-refractivity contribution is -0.124. The van der Waals surface area contributed by atoms with Crippen molar-refractivity contribution < 1.29 is 4.79 Å². The molecule has 2 aliphatic rings. The maximum absolute atomic E-state index is 12.3. The molecule has 0 radical (unpaired) electrons. The van der Waals surface area contributed by atoms with Gasteiger partial charge in [0.1, 0.15) is 0 Å². The quantitative estimate of drug-likeness (QED) is 0.834. The second kappa shape index (κ2) is 7.59. The maximum atomic E-state index is 12.3. The van der Waals surface area contributed by atoms with Gasteiger partial charge >= 0.3 is 0 Å². The van der Waals surface area contributed by atoms with Crippen LogP contribution in [0, 0.1) is 17.8 Å². The fraction of sp³-hybridized carbons (Fsp3) is 0.941. The minimum atomic E-state index is 0.209. The molecule has 2 rings (SSSR count). The zero-order chi connectivity index (χ0) is 15.4. The SMILES string of the molecule is CC(N)C1CCN(CC(=O)NC2CCCC(C)C2C)CC1. The van der Waals surface area contributed by atoms with Crippen molar-refractivity contribution in [1.82, 2.24) is 10.2 Å². The number of piperidine rings is 1. The van der Waals surface area contributed by atoms with Gasteiger partial charge in [0, 0.05) is 12.1 Å². The van der Waals surface area contributed by atoms with E-state index in [1.165, 1.54) is 12.8 Å².